The molecule has 0 aromatic heterocycles. The van der Waals surface area contributed by atoms with Crippen LogP contribution in [0.25, 0.3) is 0 Å². The van der Waals surface area contributed by atoms with Gasteiger partial charge in [0.25, 0.3) is 0 Å². The van der Waals surface area contributed by atoms with E-state index in [1.54, 1.807) is 0 Å². The Bertz CT molecular complexity index is 530. The lowest BCUT2D eigenvalue weighted by molar-refractivity contribution is -0.188. The summed E-state index contributed by atoms with van der Waals surface area (Å²) >= 11 is 0. The van der Waals surface area contributed by atoms with Crippen LogP contribution in [0.2, 0.25) is 0 Å². The molecule has 1 aliphatic heterocycles. The summed E-state index contributed by atoms with van der Waals surface area (Å²) in [6.45, 7) is 4.91. The summed E-state index contributed by atoms with van der Waals surface area (Å²) in [6, 6.07) is 7.95. The highest BCUT2D eigenvalue weighted by Crippen LogP contribution is 2.49. The van der Waals surface area contributed by atoms with Crippen LogP contribution in [0.4, 0.5) is 0 Å². The summed E-state index contributed by atoms with van der Waals surface area (Å²) in [5.74, 6) is -0.306. The molecule has 124 valence electrons. The first-order chi connectivity index (χ1) is 9.83. The van der Waals surface area contributed by atoms with Crippen molar-refractivity contribution >= 4 is 18.4 Å². The molecule has 1 aromatic carbocycles. The van der Waals surface area contributed by atoms with E-state index < -0.39 is 11.2 Å². The Kier molecular flexibility index (Phi) is 6.02. The van der Waals surface area contributed by atoms with Gasteiger partial charge in [-0.2, -0.15) is 0 Å². The van der Waals surface area contributed by atoms with E-state index >= 15 is 0 Å². The molecule has 2 rings (SSSR count). The van der Waals surface area contributed by atoms with Crippen LogP contribution in [-0.4, -0.2) is 38.6 Å². The Labute approximate surface area is 139 Å². The smallest absolute Gasteiger partial charge is 0.342 e. The number of hydrogen-bond acceptors (Lipinski definition) is 4. The second kappa shape index (κ2) is 6.99. The van der Waals surface area contributed by atoms with Gasteiger partial charge in [-0.1, -0.05) is 24.3 Å². The van der Waals surface area contributed by atoms with E-state index in [-0.39, 0.29) is 18.4 Å². The van der Waals surface area contributed by atoms with Crippen molar-refractivity contribution in [2.75, 3.05) is 27.7 Å². The molecule has 1 unspecified atom stereocenters. The van der Waals surface area contributed by atoms with E-state index in [9.17, 15) is 4.79 Å². The third kappa shape index (κ3) is 3.29. The molecule has 0 saturated heterocycles. The molecule has 0 saturated carbocycles. The third-order valence-electron chi connectivity index (χ3n) is 4.09. The first-order valence-corrected chi connectivity index (χ1v) is 7.37. The molecule has 1 aromatic rings. The van der Waals surface area contributed by atoms with Crippen LogP contribution < -0.4 is 0 Å². The van der Waals surface area contributed by atoms with Crippen LogP contribution >= 0.6 is 12.4 Å². The second-order valence-electron chi connectivity index (χ2n) is 6.38. The average molecular weight is 328 g/mol. The number of carbonyl (C=O) groups excluding carboxylic acids is 1. The molecule has 0 fully saturated rings. The lowest BCUT2D eigenvalue weighted by Crippen LogP contribution is -2.39. The number of carbonyl (C=O) groups is 1. The summed E-state index contributed by atoms with van der Waals surface area (Å²) in [7, 11) is 5.48. The summed E-state index contributed by atoms with van der Waals surface area (Å²) in [5.41, 5.74) is 0.550. The monoisotopic (exact) mass is 327 g/mol. The molecule has 0 amide bonds. The SMILES string of the molecule is COC(=O)C1(CCCN(C)C)OC(C)(C)c2ccccc21.Cl. The third-order valence-corrected chi connectivity index (χ3v) is 4.09. The van der Waals surface area contributed by atoms with Crippen molar-refractivity contribution in [1.29, 1.82) is 0 Å². The van der Waals surface area contributed by atoms with Crippen LogP contribution in [0.3, 0.4) is 0 Å². The molecule has 5 heteroatoms. The van der Waals surface area contributed by atoms with Crippen molar-refractivity contribution in [2.24, 2.45) is 0 Å². The van der Waals surface area contributed by atoms with Crippen LogP contribution in [0.15, 0.2) is 24.3 Å². The highest BCUT2D eigenvalue weighted by atomic mass is 35.5. The topological polar surface area (TPSA) is 38.8 Å². The van der Waals surface area contributed by atoms with E-state index in [2.05, 4.69) is 4.90 Å². The van der Waals surface area contributed by atoms with Crippen molar-refractivity contribution < 1.29 is 14.3 Å². The van der Waals surface area contributed by atoms with Gasteiger partial charge in [0.15, 0.2) is 5.60 Å². The predicted octanol–water partition coefficient (Wildman–Crippen LogP) is 3.08. The highest BCUT2D eigenvalue weighted by Gasteiger charge is 2.54. The molecule has 4 nitrogen and oxygen atoms in total. The van der Waals surface area contributed by atoms with E-state index in [1.807, 2.05) is 52.2 Å². The number of ether oxygens (including phenoxy) is 2. The predicted molar refractivity (Wildman–Crippen MR) is 89.3 cm³/mol. The number of methoxy groups -OCH3 is 1. The van der Waals surface area contributed by atoms with Crippen molar-refractivity contribution in [3.8, 4) is 0 Å². The van der Waals surface area contributed by atoms with E-state index in [1.165, 1.54) is 7.11 Å². The zero-order valence-electron chi connectivity index (χ0n) is 14.0. The molecule has 22 heavy (non-hydrogen) atoms. The molecule has 1 heterocycles. The fourth-order valence-corrected chi connectivity index (χ4v) is 3.15. The number of benzene rings is 1. The van der Waals surface area contributed by atoms with Crippen molar-refractivity contribution in [1.82, 2.24) is 4.90 Å². The molecule has 0 N–H and O–H groups in total. The summed E-state index contributed by atoms with van der Waals surface area (Å²) in [6.07, 6.45) is 1.49. The maximum absolute atomic E-state index is 12.5. The Morgan fingerprint density at radius 1 is 1.23 bits per heavy atom. The lowest BCUT2D eigenvalue weighted by atomic mass is 9.86. The van der Waals surface area contributed by atoms with E-state index in [4.69, 9.17) is 9.47 Å². The molecular weight excluding hydrogens is 302 g/mol. The average Bonchev–Trinajstić information content (AvgIpc) is 2.67. The zero-order chi connectivity index (χ0) is 15.7. The maximum Gasteiger partial charge on any atom is 0.342 e. The highest BCUT2D eigenvalue weighted by molar-refractivity contribution is 5.85. The minimum Gasteiger partial charge on any atom is -0.467 e. The number of hydrogen-bond donors (Lipinski definition) is 0. The standard InChI is InChI=1S/C17H25NO3.ClH/c1-16(2)13-9-6-7-10-14(13)17(21-16,15(19)20-5)11-8-12-18(3)4;/h6-7,9-10H,8,11-12H2,1-5H3;1H. The van der Waals surface area contributed by atoms with Crippen molar-refractivity contribution in [2.45, 2.75) is 37.9 Å². The number of fused-ring (bicyclic) bond motifs is 1. The Morgan fingerprint density at radius 3 is 2.36 bits per heavy atom. The van der Waals surface area contributed by atoms with Crippen LogP contribution in [-0.2, 0) is 25.5 Å². The molecule has 0 bridgehead atoms. The number of rotatable bonds is 5. The molecule has 1 atom stereocenters. The van der Waals surface area contributed by atoms with E-state index in [0.29, 0.717) is 6.42 Å². The minimum absolute atomic E-state index is 0. The first kappa shape index (κ1) is 18.9. The first-order valence-electron chi connectivity index (χ1n) is 7.37. The molecule has 1 aliphatic rings. The molecule has 0 spiro atoms. The maximum atomic E-state index is 12.5. The van der Waals surface area contributed by atoms with Crippen LogP contribution in [0, 0.1) is 0 Å². The van der Waals surface area contributed by atoms with Gasteiger partial charge in [0.1, 0.15) is 0 Å². The quantitative estimate of drug-likeness (QED) is 0.779. The normalized spacial score (nSPS) is 22.1. The van der Waals surface area contributed by atoms with Gasteiger partial charge in [-0.3, -0.25) is 0 Å². The van der Waals surface area contributed by atoms with Gasteiger partial charge in [-0.15, -0.1) is 12.4 Å². The van der Waals surface area contributed by atoms with Gasteiger partial charge in [0.05, 0.1) is 12.7 Å². The number of halogens is 1. The van der Waals surface area contributed by atoms with Gasteiger partial charge in [0.2, 0.25) is 0 Å². The number of nitrogens with zero attached hydrogens (tertiary/aromatic N) is 1. The van der Waals surface area contributed by atoms with E-state index in [0.717, 1.165) is 24.1 Å². The Balaban J connectivity index is 0.00000242. The van der Waals surface area contributed by atoms with Gasteiger partial charge in [0, 0.05) is 5.56 Å². The Hall–Kier alpha value is -1.10. The zero-order valence-corrected chi connectivity index (χ0v) is 14.8. The number of esters is 1. The van der Waals surface area contributed by atoms with Gasteiger partial charge in [-0.25, -0.2) is 4.79 Å². The molecule has 0 radical (unpaired) electrons. The second-order valence-corrected chi connectivity index (χ2v) is 6.38. The molecule has 0 aliphatic carbocycles. The van der Waals surface area contributed by atoms with Gasteiger partial charge >= 0.3 is 5.97 Å². The van der Waals surface area contributed by atoms with Crippen molar-refractivity contribution in [3.63, 3.8) is 0 Å². The van der Waals surface area contributed by atoms with Crippen LogP contribution in [0.5, 0.6) is 0 Å². The molecular formula is C17H26ClNO3. The van der Waals surface area contributed by atoms with Gasteiger partial charge in [-0.05, 0) is 52.9 Å². The summed E-state index contributed by atoms with van der Waals surface area (Å²) in [4.78, 5) is 14.6. The Morgan fingerprint density at radius 2 is 1.82 bits per heavy atom. The van der Waals surface area contributed by atoms with Crippen LogP contribution in [0.1, 0.15) is 37.8 Å². The minimum atomic E-state index is -0.981. The fourth-order valence-electron chi connectivity index (χ4n) is 3.15. The fraction of sp³-hybridized carbons (Fsp3) is 0.588. The lowest BCUT2D eigenvalue weighted by Gasteiger charge is -2.30. The van der Waals surface area contributed by atoms with Crippen molar-refractivity contribution in [3.05, 3.63) is 35.4 Å². The summed E-state index contributed by atoms with van der Waals surface area (Å²) < 4.78 is 11.3. The van der Waals surface area contributed by atoms with Gasteiger partial charge < -0.3 is 14.4 Å². The summed E-state index contributed by atoms with van der Waals surface area (Å²) in [5, 5.41) is 0. The largest absolute Gasteiger partial charge is 0.467 e.